The number of rotatable bonds is 5. The molecular formula is C28H26N4O2S. The minimum absolute atomic E-state index is 0.0374. The van der Waals surface area contributed by atoms with Crippen molar-refractivity contribution in [3.8, 4) is 0 Å². The molecule has 0 saturated heterocycles. The van der Waals surface area contributed by atoms with E-state index in [-0.39, 0.29) is 11.8 Å². The van der Waals surface area contributed by atoms with Crippen LogP contribution in [0.25, 0.3) is 0 Å². The van der Waals surface area contributed by atoms with Crippen LogP contribution in [0.15, 0.2) is 84.5 Å². The lowest BCUT2D eigenvalue weighted by Crippen LogP contribution is -2.31. The summed E-state index contributed by atoms with van der Waals surface area (Å²) in [6.45, 7) is 4.20. The number of thiophene rings is 1. The lowest BCUT2D eigenvalue weighted by atomic mass is 10.1. The summed E-state index contributed by atoms with van der Waals surface area (Å²) in [6, 6.07) is 20.6. The first-order chi connectivity index (χ1) is 17.1. The Kier molecular flexibility index (Phi) is 6.59. The number of carbonyl (C=O) groups excluding carboxylic acids is 2. The van der Waals surface area contributed by atoms with Gasteiger partial charge in [-0.1, -0.05) is 24.3 Å². The third kappa shape index (κ3) is 4.95. The monoisotopic (exact) mass is 482 g/mol. The Hall–Kier alpha value is -3.97. The van der Waals surface area contributed by atoms with Crippen molar-refractivity contribution >= 4 is 39.5 Å². The predicted octanol–water partition coefficient (Wildman–Crippen LogP) is 5.76. The Balaban J connectivity index is 1.31. The Labute approximate surface area is 208 Å². The largest absolute Gasteiger partial charge is 0.357 e. The third-order valence-electron chi connectivity index (χ3n) is 6.13. The Morgan fingerprint density at radius 2 is 1.83 bits per heavy atom. The zero-order valence-electron chi connectivity index (χ0n) is 19.5. The molecular weight excluding hydrogens is 456 g/mol. The van der Waals surface area contributed by atoms with Gasteiger partial charge in [0.05, 0.1) is 5.69 Å². The summed E-state index contributed by atoms with van der Waals surface area (Å²) < 4.78 is 0. The number of nitrogens with one attached hydrogen (secondary N) is 1. The Bertz CT molecular complexity index is 1330. The van der Waals surface area contributed by atoms with Crippen LogP contribution in [-0.4, -0.2) is 29.9 Å². The maximum atomic E-state index is 13.5. The van der Waals surface area contributed by atoms with Crippen molar-refractivity contribution in [1.82, 2.24) is 4.98 Å². The highest BCUT2D eigenvalue weighted by atomic mass is 32.1. The lowest BCUT2D eigenvalue weighted by Gasteiger charge is -2.23. The SMILES string of the molecule is Cc1ccccc1C(=O)Nc1ccc(C(=O)N2CCCN(Cc3cccnc3)c3sccc32)cc1. The summed E-state index contributed by atoms with van der Waals surface area (Å²) in [5.74, 6) is -0.198. The molecule has 0 atom stereocenters. The lowest BCUT2D eigenvalue weighted by molar-refractivity contribution is 0.0986. The highest BCUT2D eigenvalue weighted by Crippen LogP contribution is 2.39. The van der Waals surface area contributed by atoms with E-state index < -0.39 is 0 Å². The second-order valence-electron chi connectivity index (χ2n) is 8.55. The maximum Gasteiger partial charge on any atom is 0.258 e. The molecule has 1 N–H and O–H groups in total. The number of nitrogens with zero attached hydrogens (tertiary/aromatic N) is 3. The molecule has 1 aliphatic heterocycles. The van der Waals surface area contributed by atoms with E-state index in [1.165, 1.54) is 0 Å². The summed E-state index contributed by atoms with van der Waals surface area (Å²) in [5.41, 5.74) is 4.90. The van der Waals surface area contributed by atoms with Crippen LogP contribution >= 0.6 is 11.3 Å². The molecule has 4 aromatic rings. The van der Waals surface area contributed by atoms with Gasteiger partial charge in [0.15, 0.2) is 0 Å². The van der Waals surface area contributed by atoms with Crippen molar-refractivity contribution in [3.05, 3.63) is 107 Å². The summed E-state index contributed by atoms with van der Waals surface area (Å²) in [6.07, 6.45) is 4.54. The van der Waals surface area contributed by atoms with Crippen LogP contribution in [0.4, 0.5) is 16.4 Å². The fourth-order valence-corrected chi connectivity index (χ4v) is 5.26. The van der Waals surface area contributed by atoms with Crippen LogP contribution in [0.5, 0.6) is 0 Å². The summed E-state index contributed by atoms with van der Waals surface area (Å²) in [4.78, 5) is 34.5. The summed E-state index contributed by atoms with van der Waals surface area (Å²) in [5, 5.41) is 6.06. The van der Waals surface area contributed by atoms with Crippen LogP contribution < -0.4 is 15.1 Å². The third-order valence-corrected chi connectivity index (χ3v) is 7.10. The average molecular weight is 483 g/mol. The van der Waals surface area contributed by atoms with Gasteiger partial charge in [0.2, 0.25) is 0 Å². The molecule has 7 heteroatoms. The molecule has 176 valence electrons. The standard InChI is InChI=1S/C28H26N4O2S/c1-20-6-2-3-8-24(20)26(33)30-23-11-9-22(10-12-23)27(34)32-16-5-15-31(28-25(32)13-17-35-28)19-21-7-4-14-29-18-21/h2-4,6-14,17-18H,5,15-16,19H2,1H3,(H,30,33). The summed E-state index contributed by atoms with van der Waals surface area (Å²) in [7, 11) is 0. The van der Waals surface area contributed by atoms with E-state index in [0.29, 0.717) is 23.4 Å². The maximum absolute atomic E-state index is 13.5. The minimum atomic E-state index is -0.161. The number of carbonyl (C=O) groups is 2. The first kappa shape index (κ1) is 22.8. The number of pyridine rings is 1. The molecule has 0 unspecified atom stereocenters. The van der Waals surface area contributed by atoms with Crippen LogP contribution in [-0.2, 0) is 6.54 Å². The molecule has 1 aliphatic rings. The molecule has 35 heavy (non-hydrogen) atoms. The highest BCUT2D eigenvalue weighted by molar-refractivity contribution is 7.15. The smallest absolute Gasteiger partial charge is 0.258 e. The Morgan fingerprint density at radius 3 is 2.60 bits per heavy atom. The van der Waals surface area contributed by atoms with E-state index in [1.54, 1.807) is 47.9 Å². The molecule has 0 spiro atoms. The number of amides is 2. The predicted molar refractivity (Wildman–Crippen MR) is 141 cm³/mol. The molecule has 0 radical (unpaired) electrons. The fourth-order valence-electron chi connectivity index (χ4n) is 4.33. The number of aryl methyl sites for hydroxylation is 1. The first-order valence-electron chi connectivity index (χ1n) is 11.6. The molecule has 5 rings (SSSR count). The van der Waals surface area contributed by atoms with Gasteiger partial charge in [0.1, 0.15) is 5.00 Å². The van der Waals surface area contributed by atoms with Gasteiger partial charge in [0.25, 0.3) is 11.8 Å². The van der Waals surface area contributed by atoms with Crippen LogP contribution in [0.2, 0.25) is 0 Å². The average Bonchev–Trinajstić information content (AvgIpc) is 3.30. The number of benzene rings is 2. The molecule has 2 aromatic heterocycles. The van der Waals surface area contributed by atoms with Crippen LogP contribution in [0.1, 0.15) is 38.3 Å². The van der Waals surface area contributed by atoms with Crippen LogP contribution in [0, 0.1) is 6.92 Å². The number of hydrogen-bond donors (Lipinski definition) is 1. The number of hydrogen-bond acceptors (Lipinski definition) is 5. The first-order valence-corrected chi connectivity index (χ1v) is 12.5. The molecule has 0 bridgehead atoms. The highest BCUT2D eigenvalue weighted by Gasteiger charge is 2.27. The molecule has 2 amide bonds. The molecule has 2 aromatic carbocycles. The molecule has 0 fully saturated rings. The number of fused-ring (bicyclic) bond motifs is 1. The van der Waals surface area contributed by atoms with E-state index in [1.807, 2.05) is 53.7 Å². The zero-order chi connectivity index (χ0) is 24.2. The summed E-state index contributed by atoms with van der Waals surface area (Å²) >= 11 is 1.65. The van der Waals surface area contributed by atoms with Crippen molar-refractivity contribution < 1.29 is 9.59 Å². The van der Waals surface area contributed by atoms with Crippen LogP contribution in [0.3, 0.4) is 0 Å². The Morgan fingerprint density at radius 1 is 1.00 bits per heavy atom. The molecule has 3 heterocycles. The fraction of sp³-hybridized carbons (Fsp3) is 0.179. The van der Waals surface area contributed by atoms with Crippen molar-refractivity contribution in [2.24, 2.45) is 0 Å². The van der Waals surface area contributed by atoms with Gasteiger partial charge in [-0.05, 0) is 72.3 Å². The van der Waals surface area contributed by atoms with Gasteiger partial charge in [-0.15, -0.1) is 11.3 Å². The van der Waals surface area contributed by atoms with E-state index in [2.05, 4.69) is 21.3 Å². The van der Waals surface area contributed by atoms with Gasteiger partial charge >= 0.3 is 0 Å². The second-order valence-corrected chi connectivity index (χ2v) is 9.45. The van der Waals surface area contributed by atoms with Crippen molar-refractivity contribution in [1.29, 1.82) is 0 Å². The van der Waals surface area contributed by atoms with Crippen molar-refractivity contribution in [2.75, 3.05) is 28.2 Å². The van der Waals surface area contributed by atoms with Crippen molar-refractivity contribution in [2.45, 2.75) is 19.9 Å². The minimum Gasteiger partial charge on any atom is -0.357 e. The van der Waals surface area contributed by atoms with Gasteiger partial charge in [0, 0.05) is 48.8 Å². The molecule has 0 saturated carbocycles. The van der Waals surface area contributed by atoms with E-state index in [4.69, 9.17) is 0 Å². The normalized spacial score (nSPS) is 13.2. The number of anilines is 3. The topological polar surface area (TPSA) is 65.5 Å². The van der Waals surface area contributed by atoms with Crippen molar-refractivity contribution in [3.63, 3.8) is 0 Å². The molecule has 6 nitrogen and oxygen atoms in total. The van der Waals surface area contributed by atoms with Gasteiger partial charge < -0.3 is 15.1 Å². The van der Waals surface area contributed by atoms with E-state index in [0.717, 1.165) is 41.3 Å². The second kappa shape index (κ2) is 10.1. The quantitative estimate of drug-likeness (QED) is 0.393. The zero-order valence-corrected chi connectivity index (χ0v) is 20.3. The molecule has 0 aliphatic carbocycles. The van der Waals surface area contributed by atoms with Gasteiger partial charge in [-0.2, -0.15) is 0 Å². The van der Waals surface area contributed by atoms with E-state index >= 15 is 0 Å². The van der Waals surface area contributed by atoms with E-state index in [9.17, 15) is 9.59 Å². The van der Waals surface area contributed by atoms with Gasteiger partial charge in [-0.3, -0.25) is 14.6 Å². The van der Waals surface area contributed by atoms with Gasteiger partial charge in [-0.25, -0.2) is 0 Å². The number of aromatic nitrogens is 1.